The second-order valence-corrected chi connectivity index (χ2v) is 4.83. The first-order valence-electron chi connectivity index (χ1n) is 5.85. The van der Waals surface area contributed by atoms with Gasteiger partial charge in [-0.15, -0.1) is 11.3 Å². The highest BCUT2D eigenvalue weighted by Gasteiger charge is 2.10. The Kier molecular flexibility index (Phi) is 4.01. The first-order chi connectivity index (χ1) is 9.08. The van der Waals surface area contributed by atoms with Crippen molar-refractivity contribution in [3.8, 4) is 5.75 Å². The summed E-state index contributed by atoms with van der Waals surface area (Å²) >= 11 is 1.39. The molecule has 1 aromatic heterocycles. The van der Waals surface area contributed by atoms with E-state index in [-0.39, 0.29) is 5.91 Å². The van der Waals surface area contributed by atoms with Crippen molar-refractivity contribution >= 4 is 28.1 Å². The highest BCUT2D eigenvalue weighted by Crippen LogP contribution is 2.21. The number of nitrogens with two attached hydrogens (primary N) is 1. The van der Waals surface area contributed by atoms with Crippen molar-refractivity contribution in [3.05, 3.63) is 34.8 Å². The van der Waals surface area contributed by atoms with E-state index < -0.39 is 0 Å². The van der Waals surface area contributed by atoms with Crippen LogP contribution in [0.15, 0.2) is 23.6 Å². The maximum Gasteiger partial charge on any atom is 0.257 e. The Labute approximate surface area is 115 Å². The summed E-state index contributed by atoms with van der Waals surface area (Å²) in [4.78, 5) is 16.3. The van der Waals surface area contributed by atoms with Crippen molar-refractivity contribution < 1.29 is 9.53 Å². The predicted molar refractivity (Wildman–Crippen MR) is 76.8 cm³/mol. The van der Waals surface area contributed by atoms with Gasteiger partial charge >= 0.3 is 0 Å². The Bertz CT molecular complexity index is 595. The van der Waals surface area contributed by atoms with E-state index in [9.17, 15) is 4.79 Å². The second-order valence-electron chi connectivity index (χ2n) is 3.97. The Morgan fingerprint density at radius 2 is 2.26 bits per heavy atom. The monoisotopic (exact) mass is 277 g/mol. The lowest BCUT2D eigenvalue weighted by Gasteiger charge is -2.07. The van der Waals surface area contributed by atoms with E-state index >= 15 is 0 Å². The van der Waals surface area contributed by atoms with E-state index in [0.29, 0.717) is 28.7 Å². The number of nitrogens with one attached hydrogen (secondary N) is 1. The first kappa shape index (κ1) is 13.4. The van der Waals surface area contributed by atoms with Crippen LogP contribution in [-0.4, -0.2) is 17.5 Å². The molecule has 100 valence electrons. The molecular formula is C13H15N3O2S. The lowest BCUT2D eigenvalue weighted by molar-refractivity contribution is 0.102. The normalized spacial score (nSPS) is 10.2. The van der Waals surface area contributed by atoms with Crippen LogP contribution < -0.4 is 15.8 Å². The lowest BCUT2D eigenvalue weighted by atomic mass is 10.2. The van der Waals surface area contributed by atoms with E-state index in [2.05, 4.69) is 10.3 Å². The standard InChI is InChI=1S/C13H15N3O2S/c1-3-18-11-5-9(4-10(14)6-11)12(17)16-13-15-8(2)7-19-13/h4-7H,3,14H2,1-2H3,(H,15,16,17). The molecule has 0 unspecified atom stereocenters. The first-order valence-corrected chi connectivity index (χ1v) is 6.73. The molecule has 0 atom stereocenters. The van der Waals surface area contributed by atoms with Gasteiger partial charge in [0, 0.05) is 22.7 Å². The van der Waals surface area contributed by atoms with Crippen molar-refractivity contribution in [2.45, 2.75) is 13.8 Å². The molecule has 1 aromatic carbocycles. The Morgan fingerprint density at radius 3 is 2.89 bits per heavy atom. The molecule has 0 spiro atoms. The Balaban J connectivity index is 2.18. The minimum Gasteiger partial charge on any atom is -0.494 e. The molecule has 0 saturated heterocycles. The summed E-state index contributed by atoms with van der Waals surface area (Å²) in [5, 5.41) is 5.18. The van der Waals surface area contributed by atoms with E-state index in [4.69, 9.17) is 10.5 Å². The third-order valence-electron chi connectivity index (χ3n) is 2.34. The zero-order chi connectivity index (χ0) is 13.8. The number of rotatable bonds is 4. The van der Waals surface area contributed by atoms with Gasteiger partial charge in [-0.25, -0.2) is 4.98 Å². The van der Waals surface area contributed by atoms with Gasteiger partial charge in [0.1, 0.15) is 5.75 Å². The lowest BCUT2D eigenvalue weighted by Crippen LogP contribution is -2.12. The van der Waals surface area contributed by atoms with Gasteiger partial charge < -0.3 is 10.5 Å². The number of benzene rings is 1. The number of thiazole rings is 1. The van der Waals surface area contributed by atoms with Crippen LogP contribution in [0.5, 0.6) is 5.75 Å². The number of nitrogens with zero attached hydrogens (tertiary/aromatic N) is 1. The Hall–Kier alpha value is -2.08. The molecule has 0 aliphatic carbocycles. The average Bonchev–Trinajstić information content (AvgIpc) is 2.74. The van der Waals surface area contributed by atoms with Crippen molar-refractivity contribution in [2.24, 2.45) is 0 Å². The summed E-state index contributed by atoms with van der Waals surface area (Å²) in [6, 6.07) is 4.96. The summed E-state index contributed by atoms with van der Waals surface area (Å²) in [5.41, 5.74) is 7.58. The van der Waals surface area contributed by atoms with Gasteiger partial charge in [-0.1, -0.05) is 0 Å². The van der Waals surface area contributed by atoms with Gasteiger partial charge in [0.15, 0.2) is 5.13 Å². The molecule has 1 amide bonds. The van der Waals surface area contributed by atoms with Crippen molar-refractivity contribution in [2.75, 3.05) is 17.7 Å². The highest BCUT2D eigenvalue weighted by molar-refractivity contribution is 7.13. The van der Waals surface area contributed by atoms with Gasteiger partial charge in [-0.2, -0.15) is 0 Å². The fourth-order valence-electron chi connectivity index (χ4n) is 1.58. The van der Waals surface area contributed by atoms with E-state index in [1.54, 1.807) is 18.2 Å². The molecule has 2 aromatic rings. The summed E-state index contributed by atoms with van der Waals surface area (Å²) in [6.45, 7) is 4.28. The van der Waals surface area contributed by atoms with Crippen LogP contribution >= 0.6 is 11.3 Å². The second kappa shape index (κ2) is 5.71. The molecule has 0 fully saturated rings. The van der Waals surface area contributed by atoms with Gasteiger partial charge in [0.25, 0.3) is 5.91 Å². The van der Waals surface area contributed by atoms with Gasteiger partial charge in [-0.3, -0.25) is 10.1 Å². The van der Waals surface area contributed by atoms with Crippen LogP contribution in [0.25, 0.3) is 0 Å². The number of aromatic nitrogens is 1. The van der Waals surface area contributed by atoms with Gasteiger partial charge in [-0.05, 0) is 26.0 Å². The molecule has 0 saturated carbocycles. The summed E-state index contributed by atoms with van der Waals surface area (Å²) < 4.78 is 5.36. The number of hydrogen-bond donors (Lipinski definition) is 2. The molecule has 3 N–H and O–H groups in total. The van der Waals surface area contributed by atoms with Crippen molar-refractivity contribution in [1.29, 1.82) is 0 Å². The molecule has 0 aliphatic heterocycles. The molecule has 0 aliphatic rings. The summed E-state index contributed by atoms with van der Waals surface area (Å²) in [5.74, 6) is 0.338. The maximum absolute atomic E-state index is 12.1. The predicted octanol–water partition coefficient (Wildman–Crippen LogP) is 2.68. The van der Waals surface area contributed by atoms with Crippen LogP contribution in [-0.2, 0) is 0 Å². The fraction of sp³-hybridized carbons (Fsp3) is 0.231. The van der Waals surface area contributed by atoms with Gasteiger partial charge in [0.05, 0.1) is 12.3 Å². The molecule has 2 rings (SSSR count). The maximum atomic E-state index is 12.1. The molecule has 19 heavy (non-hydrogen) atoms. The highest BCUT2D eigenvalue weighted by atomic mass is 32.1. The van der Waals surface area contributed by atoms with Crippen LogP contribution in [0.4, 0.5) is 10.8 Å². The van der Waals surface area contributed by atoms with E-state index in [0.717, 1.165) is 5.69 Å². The number of anilines is 2. The molecule has 6 heteroatoms. The number of carbonyl (C=O) groups is 1. The van der Waals surface area contributed by atoms with Crippen LogP contribution in [0, 0.1) is 6.92 Å². The molecule has 1 heterocycles. The van der Waals surface area contributed by atoms with E-state index in [1.807, 2.05) is 19.2 Å². The van der Waals surface area contributed by atoms with Crippen LogP contribution in [0.3, 0.4) is 0 Å². The third kappa shape index (κ3) is 3.45. The SMILES string of the molecule is CCOc1cc(N)cc(C(=O)Nc2nc(C)cs2)c1. The Morgan fingerprint density at radius 1 is 1.47 bits per heavy atom. The number of nitrogen functional groups attached to an aromatic ring is 1. The number of carbonyl (C=O) groups excluding carboxylic acids is 1. The summed E-state index contributed by atoms with van der Waals surface area (Å²) in [6.07, 6.45) is 0. The summed E-state index contributed by atoms with van der Waals surface area (Å²) in [7, 11) is 0. The molecule has 0 radical (unpaired) electrons. The quantitative estimate of drug-likeness (QED) is 0.842. The number of amides is 1. The number of ether oxygens (including phenoxy) is 1. The average molecular weight is 277 g/mol. The minimum atomic E-state index is -0.248. The van der Waals surface area contributed by atoms with Gasteiger partial charge in [0.2, 0.25) is 0 Å². The smallest absolute Gasteiger partial charge is 0.257 e. The van der Waals surface area contributed by atoms with Crippen LogP contribution in [0.2, 0.25) is 0 Å². The van der Waals surface area contributed by atoms with Crippen LogP contribution in [0.1, 0.15) is 23.0 Å². The topological polar surface area (TPSA) is 77.2 Å². The molecular weight excluding hydrogens is 262 g/mol. The van der Waals surface area contributed by atoms with E-state index in [1.165, 1.54) is 11.3 Å². The zero-order valence-corrected chi connectivity index (χ0v) is 11.6. The van der Waals surface area contributed by atoms with Crippen molar-refractivity contribution in [1.82, 2.24) is 4.98 Å². The number of aryl methyl sites for hydroxylation is 1. The molecule has 0 bridgehead atoms. The number of hydrogen-bond acceptors (Lipinski definition) is 5. The van der Waals surface area contributed by atoms with Crippen molar-refractivity contribution in [3.63, 3.8) is 0 Å². The largest absolute Gasteiger partial charge is 0.494 e. The third-order valence-corrected chi connectivity index (χ3v) is 3.22. The minimum absolute atomic E-state index is 0.248. The zero-order valence-electron chi connectivity index (χ0n) is 10.8. The fourth-order valence-corrected chi connectivity index (χ4v) is 2.27. The molecule has 5 nitrogen and oxygen atoms in total.